The largest absolute Gasteiger partial charge is 0.467 e. The summed E-state index contributed by atoms with van der Waals surface area (Å²) in [7, 11) is 3.23. The minimum absolute atomic E-state index is 0.0261. The Balaban J connectivity index is 2.20. The van der Waals surface area contributed by atoms with Crippen LogP contribution in [0.5, 0.6) is 0 Å². The molecule has 1 aliphatic rings. The molecule has 1 amide bonds. The molecule has 1 saturated carbocycles. The Hall–Kier alpha value is -1.85. The first-order valence-corrected chi connectivity index (χ1v) is 7.74. The predicted molar refractivity (Wildman–Crippen MR) is 82.3 cm³/mol. The summed E-state index contributed by atoms with van der Waals surface area (Å²) < 4.78 is 6.60. The number of ether oxygens (including phenoxy) is 1. The highest BCUT2D eigenvalue weighted by molar-refractivity contribution is 5.86. The van der Waals surface area contributed by atoms with Crippen LogP contribution < -0.4 is 0 Å². The standard InChI is InChI=1S/C16H25N3O3/c1-10-14(11(2)18(4)17-10)9-15(20)19(13-7-6-8-13)12(3)16(21)22-5/h12-13H,6-9H2,1-5H3/t12-/m1/s1. The minimum atomic E-state index is -0.542. The molecule has 2 rings (SSSR count). The molecule has 0 spiro atoms. The molecule has 1 heterocycles. The molecule has 0 bridgehead atoms. The summed E-state index contributed by atoms with van der Waals surface area (Å²) in [5.74, 6) is -0.387. The Kier molecular flexibility index (Phi) is 4.88. The average Bonchev–Trinajstić information content (AvgIpc) is 2.67. The SMILES string of the molecule is COC(=O)[C@@H](C)N(C(=O)Cc1c(C)nn(C)c1C)C1CCC1. The third-order valence-corrected chi connectivity index (χ3v) is 4.70. The number of carbonyl (C=O) groups excluding carboxylic acids is 2. The molecule has 1 atom stereocenters. The monoisotopic (exact) mass is 307 g/mol. The number of hydrogen-bond donors (Lipinski definition) is 0. The third kappa shape index (κ3) is 3.00. The maximum absolute atomic E-state index is 12.8. The van der Waals surface area contributed by atoms with Gasteiger partial charge in [-0.15, -0.1) is 0 Å². The van der Waals surface area contributed by atoms with Crippen molar-refractivity contribution in [2.45, 2.75) is 58.5 Å². The molecule has 0 unspecified atom stereocenters. The van der Waals surface area contributed by atoms with Crippen molar-refractivity contribution in [1.82, 2.24) is 14.7 Å². The summed E-state index contributed by atoms with van der Waals surface area (Å²) >= 11 is 0. The highest BCUT2D eigenvalue weighted by atomic mass is 16.5. The second-order valence-corrected chi connectivity index (χ2v) is 6.03. The van der Waals surface area contributed by atoms with Crippen LogP contribution in [0.15, 0.2) is 0 Å². The van der Waals surface area contributed by atoms with Gasteiger partial charge in [0.1, 0.15) is 6.04 Å². The van der Waals surface area contributed by atoms with E-state index in [1.165, 1.54) is 7.11 Å². The molecule has 0 aromatic carbocycles. The molecule has 1 fully saturated rings. The normalized spacial score (nSPS) is 16.0. The van der Waals surface area contributed by atoms with E-state index in [9.17, 15) is 9.59 Å². The number of methoxy groups -OCH3 is 1. The first-order valence-electron chi connectivity index (χ1n) is 7.74. The van der Waals surface area contributed by atoms with Crippen LogP contribution >= 0.6 is 0 Å². The van der Waals surface area contributed by atoms with Gasteiger partial charge in [0, 0.05) is 24.3 Å². The van der Waals surface area contributed by atoms with E-state index in [0.717, 1.165) is 36.2 Å². The summed E-state index contributed by atoms with van der Waals surface area (Å²) in [6, 6.07) is -0.390. The van der Waals surface area contributed by atoms with Gasteiger partial charge in [0.25, 0.3) is 0 Å². The molecular weight excluding hydrogens is 282 g/mol. The van der Waals surface area contributed by atoms with E-state index in [1.54, 1.807) is 16.5 Å². The summed E-state index contributed by atoms with van der Waals surface area (Å²) in [5, 5.41) is 4.35. The summed E-state index contributed by atoms with van der Waals surface area (Å²) in [6.45, 7) is 5.61. The van der Waals surface area contributed by atoms with Crippen LogP contribution in [-0.2, 0) is 27.8 Å². The van der Waals surface area contributed by atoms with Crippen molar-refractivity contribution in [3.05, 3.63) is 17.0 Å². The third-order valence-electron chi connectivity index (χ3n) is 4.70. The average molecular weight is 307 g/mol. The summed E-state index contributed by atoms with van der Waals surface area (Å²) in [4.78, 5) is 26.4. The topological polar surface area (TPSA) is 64.4 Å². The second-order valence-electron chi connectivity index (χ2n) is 6.03. The summed E-state index contributed by atoms with van der Waals surface area (Å²) in [6.07, 6.45) is 3.30. The van der Waals surface area contributed by atoms with E-state index in [4.69, 9.17) is 4.74 Å². The highest BCUT2D eigenvalue weighted by Gasteiger charge is 2.36. The van der Waals surface area contributed by atoms with Gasteiger partial charge < -0.3 is 9.64 Å². The van der Waals surface area contributed by atoms with E-state index in [-0.39, 0.29) is 24.3 Å². The van der Waals surface area contributed by atoms with Gasteiger partial charge >= 0.3 is 5.97 Å². The van der Waals surface area contributed by atoms with Crippen LogP contribution in [0.25, 0.3) is 0 Å². The number of carbonyl (C=O) groups is 2. The number of aromatic nitrogens is 2. The van der Waals surface area contributed by atoms with Gasteiger partial charge in [-0.25, -0.2) is 4.79 Å². The number of nitrogens with zero attached hydrogens (tertiary/aromatic N) is 3. The Labute approximate surface area is 131 Å². The molecule has 1 aromatic rings. The maximum atomic E-state index is 12.8. The van der Waals surface area contributed by atoms with Crippen molar-refractivity contribution in [2.75, 3.05) is 7.11 Å². The first-order chi connectivity index (χ1) is 10.4. The van der Waals surface area contributed by atoms with Gasteiger partial charge in [-0.05, 0) is 40.0 Å². The van der Waals surface area contributed by atoms with Gasteiger partial charge in [-0.2, -0.15) is 5.10 Å². The molecular formula is C16H25N3O3. The zero-order valence-electron chi connectivity index (χ0n) is 14.0. The van der Waals surface area contributed by atoms with Crippen molar-refractivity contribution in [2.24, 2.45) is 7.05 Å². The molecule has 122 valence electrons. The van der Waals surface area contributed by atoms with E-state index >= 15 is 0 Å². The van der Waals surface area contributed by atoms with Crippen LogP contribution in [0.4, 0.5) is 0 Å². The van der Waals surface area contributed by atoms with Crippen molar-refractivity contribution in [3.8, 4) is 0 Å². The lowest BCUT2D eigenvalue weighted by Gasteiger charge is -2.40. The van der Waals surface area contributed by atoms with Crippen LogP contribution in [0.2, 0.25) is 0 Å². The van der Waals surface area contributed by atoms with E-state index in [0.29, 0.717) is 0 Å². The Bertz CT molecular complexity index is 575. The van der Waals surface area contributed by atoms with Gasteiger partial charge in [0.15, 0.2) is 0 Å². The zero-order valence-corrected chi connectivity index (χ0v) is 14.0. The van der Waals surface area contributed by atoms with Gasteiger partial charge in [0.05, 0.1) is 19.2 Å². The van der Waals surface area contributed by atoms with Crippen LogP contribution in [0.1, 0.15) is 43.1 Å². The Morgan fingerprint density at radius 3 is 2.45 bits per heavy atom. The summed E-state index contributed by atoms with van der Waals surface area (Å²) in [5.41, 5.74) is 2.81. The molecule has 1 aromatic heterocycles. The van der Waals surface area contributed by atoms with E-state index in [2.05, 4.69) is 5.10 Å². The molecule has 0 saturated heterocycles. The van der Waals surface area contributed by atoms with E-state index in [1.807, 2.05) is 20.9 Å². The van der Waals surface area contributed by atoms with Crippen molar-refractivity contribution >= 4 is 11.9 Å². The van der Waals surface area contributed by atoms with Crippen molar-refractivity contribution in [3.63, 3.8) is 0 Å². The van der Waals surface area contributed by atoms with Gasteiger partial charge in [-0.3, -0.25) is 9.48 Å². The number of esters is 1. The molecule has 0 N–H and O–H groups in total. The maximum Gasteiger partial charge on any atom is 0.328 e. The molecule has 0 radical (unpaired) electrons. The fourth-order valence-electron chi connectivity index (χ4n) is 3.00. The minimum Gasteiger partial charge on any atom is -0.467 e. The molecule has 1 aliphatic carbocycles. The van der Waals surface area contributed by atoms with Crippen LogP contribution in [-0.4, -0.2) is 45.8 Å². The van der Waals surface area contributed by atoms with E-state index < -0.39 is 6.04 Å². The highest BCUT2D eigenvalue weighted by Crippen LogP contribution is 2.28. The number of aryl methyl sites for hydroxylation is 2. The zero-order chi connectivity index (χ0) is 16.4. The molecule has 6 heteroatoms. The van der Waals surface area contributed by atoms with Gasteiger partial charge in [-0.1, -0.05) is 0 Å². The lowest BCUT2D eigenvalue weighted by Crippen LogP contribution is -2.52. The number of rotatable bonds is 5. The predicted octanol–water partition coefficient (Wildman–Crippen LogP) is 1.52. The fourth-order valence-corrected chi connectivity index (χ4v) is 3.00. The van der Waals surface area contributed by atoms with Gasteiger partial charge in [0.2, 0.25) is 5.91 Å². The van der Waals surface area contributed by atoms with Crippen LogP contribution in [0.3, 0.4) is 0 Å². The van der Waals surface area contributed by atoms with Crippen molar-refractivity contribution < 1.29 is 14.3 Å². The lowest BCUT2D eigenvalue weighted by molar-refractivity contribution is -0.155. The molecule has 6 nitrogen and oxygen atoms in total. The number of hydrogen-bond acceptors (Lipinski definition) is 4. The second kappa shape index (κ2) is 6.50. The fraction of sp³-hybridized carbons (Fsp3) is 0.688. The lowest BCUT2D eigenvalue weighted by atomic mass is 9.89. The number of amides is 1. The molecule has 0 aliphatic heterocycles. The first kappa shape index (κ1) is 16.5. The Morgan fingerprint density at radius 1 is 1.41 bits per heavy atom. The Morgan fingerprint density at radius 2 is 2.05 bits per heavy atom. The molecule has 22 heavy (non-hydrogen) atoms. The van der Waals surface area contributed by atoms with Crippen molar-refractivity contribution in [1.29, 1.82) is 0 Å². The smallest absolute Gasteiger partial charge is 0.328 e. The quantitative estimate of drug-likeness (QED) is 0.774. The van der Waals surface area contributed by atoms with Crippen LogP contribution in [0, 0.1) is 13.8 Å².